The molecule has 0 unspecified atom stereocenters. The molecule has 1 heterocycles. The van der Waals surface area contributed by atoms with Crippen molar-refractivity contribution in [3.8, 4) is 11.1 Å². The summed E-state index contributed by atoms with van der Waals surface area (Å²) >= 11 is 0. The summed E-state index contributed by atoms with van der Waals surface area (Å²) in [6.45, 7) is 3.33. The Morgan fingerprint density at radius 2 is 1.72 bits per heavy atom. The first-order valence-electron chi connectivity index (χ1n) is 10.2. The normalized spacial score (nSPS) is 15.3. The highest BCUT2D eigenvalue weighted by molar-refractivity contribution is 5.91. The van der Waals surface area contributed by atoms with Crippen LogP contribution in [0.2, 0.25) is 0 Å². The lowest BCUT2D eigenvalue weighted by molar-refractivity contribution is -0.137. The number of unbranched alkanes of at least 4 members (excludes halogenated alkanes) is 1. The third kappa shape index (κ3) is 6.32. The number of carbonyl (C=O) groups excluding carboxylic acids is 1. The molecule has 156 valence electrons. The predicted octanol–water partition coefficient (Wildman–Crippen LogP) is 5.97. The molecular formula is C23H27F3N2O. The minimum atomic E-state index is -4.43. The molecule has 1 amide bonds. The van der Waals surface area contributed by atoms with Crippen LogP contribution in [0.15, 0.2) is 48.5 Å². The van der Waals surface area contributed by atoms with Crippen molar-refractivity contribution in [3.05, 3.63) is 54.1 Å². The fourth-order valence-corrected chi connectivity index (χ4v) is 3.77. The third-order valence-electron chi connectivity index (χ3n) is 5.27. The second-order valence-corrected chi connectivity index (χ2v) is 7.53. The van der Waals surface area contributed by atoms with Gasteiger partial charge in [0.15, 0.2) is 0 Å². The van der Waals surface area contributed by atoms with Crippen LogP contribution in [0.4, 0.5) is 18.9 Å². The van der Waals surface area contributed by atoms with Crippen LogP contribution >= 0.6 is 0 Å². The van der Waals surface area contributed by atoms with Gasteiger partial charge in [-0.1, -0.05) is 36.8 Å². The topological polar surface area (TPSA) is 32.3 Å². The Hall–Kier alpha value is -2.34. The summed E-state index contributed by atoms with van der Waals surface area (Å²) in [6, 6.07) is 12.1. The minimum Gasteiger partial charge on any atom is -0.326 e. The van der Waals surface area contributed by atoms with E-state index in [2.05, 4.69) is 10.2 Å². The molecule has 1 aliphatic heterocycles. The SMILES string of the molecule is O=C(CCCCN1CCCCC1)Nc1cccc(-c2ccccc2C(F)(F)F)c1. The Kier molecular flexibility index (Phi) is 7.31. The van der Waals surface area contributed by atoms with E-state index in [0.29, 0.717) is 17.7 Å². The van der Waals surface area contributed by atoms with Crippen molar-refractivity contribution in [1.82, 2.24) is 4.90 Å². The number of nitrogens with one attached hydrogen (secondary N) is 1. The van der Waals surface area contributed by atoms with Gasteiger partial charge in [0, 0.05) is 12.1 Å². The number of halogens is 3. The van der Waals surface area contributed by atoms with E-state index >= 15 is 0 Å². The number of hydrogen-bond acceptors (Lipinski definition) is 2. The van der Waals surface area contributed by atoms with Crippen LogP contribution in [0.25, 0.3) is 11.1 Å². The van der Waals surface area contributed by atoms with E-state index in [4.69, 9.17) is 0 Å². The maximum absolute atomic E-state index is 13.3. The van der Waals surface area contributed by atoms with Gasteiger partial charge in [0.2, 0.25) is 5.91 Å². The summed E-state index contributed by atoms with van der Waals surface area (Å²) < 4.78 is 39.8. The highest BCUT2D eigenvalue weighted by atomic mass is 19.4. The summed E-state index contributed by atoms with van der Waals surface area (Å²) in [7, 11) is 0. The molecule has 1 fully saturated rings. The van der Waals surface area contributed by atoms with Gasteiger partial charge in [0.05, 0.1) is 5.56 Å². The number of rotatable bonds is 7. The van der Waals surface area contributed by atoms with Crippen LogP contribution in [-0.2, 0) is 11.0 Å². The standard InChI is InChI=1S/C23H27F3N2O/c24-23(25,26)21-12-3-2-11-20(21)18-9-8-10-19(17-18)27-22(29)13-4-7-16-28-14-5-1-6-15-28/h2-3,8-12,17H,1,4-7,13-16H2,(H,27,29). The van der Waals surface area contributed by atoms with Gasteiger partial charge in [0.1, 0.15) is 0 Å². The highest BCUT2D eigenvalue weighted by Crippen LogP contribution is 2.37. The smallest absolute Gasteiger partial charge is 0.326 e. The van der Waals surface area contributed by atoms with Crippen molar-refractivity contribution >= 4 is 11.6 Å². The lowest BCUT2D eigenvalue weighted by atomic mass is 9.99. The Balaban J connectivity index is 1.55. The summed E-state index contributed by atoms with van der Waals surface area (Å²) in [5.74, 6) is -0.107. The summed E-state index contributed by atoms with van der Waals surface area (Å²) in [5, 5.41) is 2.81. The molecule has 3 nitrogen and oxygen atoms in total. The molecule has 0 bridgehead atoms. The van der Waals surface area contributed by atoms with Crippen molar-refractivity contribution in [2.24, 2.45) is 0 Å². The van der Waals surface area contributed by atoms with E-state index in [0.717, 1.165) is 38.5 Å². The lowest BCUT2D eigenvalue weighted by Crippen LogP contribution is -2.30. The van der Waals surface area contributed by atoms with Crippen LogP contribution < -0.4 is 5.32 Å². The summed E-state index contributed by atoms with van der Waals surface area (Å²) in [6.07, 6.45) is 1.60. The first-order valence-corrected chi connectivity index (χ1v) is 10.2. The molecule has 0 aliphatic carbocycles. The Labute approximate surface area is 169 Å². The molecule has 29 heavy (non-hydrogen) atoms. The van der Waals surface area contributed by atoms with Crippen LogP contribution in [0, 0.1) is 0 Å². The molecule has 0 radical (unpaired) electrons. The zero-order chi connectivity index (χ0) is 20.7. The van der Waals surface area contributed by atoms with Crippen molar-refractivity contribution in [2.75, 3.05) is 25.0 Å². The van der Waals surface area contributed by atoms with E-state index in [1.165, 1.54) is 31.4 Å². The zero-order valence-electron chi connectivity index (χ0n) is 16.5. The van der Waals surface area contributed by atoms with Gasteiger partial charge in [-0.2, -0.15) is 13.2 Å². The maximum atomic E-state index is 13.3. The monoisotopic (exact) mass is 404 g/mol. The number of amides is 1. The number of likely N-dealkylation sites (tertiary alicyclic amines) is 1. The molecule has 2 aromatic carbocycles. The molecule has 2 aromatic rings. The third-order valence-corrected chi connectivity index (χ3v) is 5.27. The van der Waals surface area contributed by atoms with Crippen LogP contribution in [0.1, 0.15) is 44.1 Å². The van der Waals surface area contributed by atoms with E-state index in [-0.39, 0.29) is 11.5 Å². The molecule has 1 aliphatic rings. The van der Waals surface area contributed by atoms with Gasteiger partial charge < -0.3 is 10.2 Å². The second-order valence-electron chi connectivity index (χ2n) is 7.53. The average molecular weight is 404 g/mol. The molecule has 0 spiro atoms. The summed E-state index contributed by atoms with van der Waals surface area (Å²) in [4.78, 5) is 14.7. The van der Waals surface area contributed by atoms with Crippen molar-refractivity contribution in [1.29, 1.82) is 0 Å². The number of benzene rings is 2. The minimum absolute atomic E-state index is 0.107. The predicted molar refractivity (Wildman–Crippen MR) is 110 cm³/mol. The number of piperidine rings is 1. The molecule has 1 saturated heterocycles. The Bertz CT molecular complexity index is 814. The van der Waals surface area contributed by atoms with Gasteiger partial charge in [0.25, 0.3) is 0 Å². The molecule has 0 atom stereocenters. The van der Waals surface area contributed by atoms with Gasteiger partial charge in [-0.3, -0.25) is 4.79 Å². The van der Waals surface area contributed by atoms with Crippen LogP contribution in [0.3, 0.4) is 0 Å². The molecule has 0 saturated carbocycles. The lowest BCUT2D eigenvalue weighted by Gasteiger charge is -2.26. The number of anilines is 1. The summed E-state index contributed by atoms with van der Waals surface area (Å²) in [5.41, 5.74) is 0.375. The fourth-order valence-electron chi connectivity index (χ4n) is 3.77. The average Bonchev–Trinajstić information content (AvgIpc) is 2.71. The van der Waals surface area contributed by atoms with Crippen molar-refractivity contribution < 1.29 is 18.0 Å². The Morgan fingerprint density at radius 1 is 0.966 bits per heavy atom. The second kappa shape index (κ2) is 9.92. The molecule has 3 rings (SSSR count). The number of nitrogens with zero attached hydrogens (tertiary/aromatic N) is 1. The first-order chi connectivity index (χ1) is 13.9. The maximum Gasteiger partial charge on any atom is 0.417 e. The van der Waals surface area contributed by atoms with E-state index in [1.807, 2.05) is 0 Å². The van der Waals surface area contributed by atoms with Gasteiger partial charge in [-0.15, -0.1) is 0 Å². The Morgan fingerprint density at radius 3 is 2.48 bits per heavy atom. The van der Waals surface area contributed by atoms with Gasteiger partial charge in [-0.25, -0.2) is 0 Å². The van der Waals surface area contributed by atoms with Crippen LogP contribution in [-0.4, -0.2) is 30.4 Å². The van der Waals surface area contributed by atoms with Gasteiger partial charge in [-0.05, 0) is 74.6 Å². The quantitative estimate of drug-likeness (QED) is 0.577. The van der Waals surface area contributed by atoms with Crippen molar-refractivity contribution in [2.45, 2.75) is 44.7 Å². The molecular weight excluding hydrogens is 377 g/mol. The number of hydrogen-bond donors (Lipinski definition) is 1. The molecule has 1 N–H and O–H groups in total. The van der Waals surface area contributed by atoms with E-state index in [1.54, 1.807) is 30.3 Å². The van der Waals surface area contributed by atoms with Gasteiger partial charge >= 0.3 is 6.18 Å². The highest BCUT2D eigenvalue weighted by Gasteiger charge is 2.33. The molecule has 0 aromatic heterocycles. The molecule has 6 heteroatoms. The van der Waals surface area contributed by atoms with Crippen LogP contribution in [0.5, 0.6) is 0 Å². The first kappa shape index (κ1) is 21.4. The number of carbonyl (C=O) groups is 1. The van der Waals surface area contributed by atoms with E-state index in [9.17, 15) is 18.0 Å². The number of alkyl halides is 3. The largest absolute Gasteiger partial charge is 0.417 e. The zero-order valence-corrected chi connectivity index (χ0v) is 16.5. The fraction of sp³-hybridized carbons (Fsp3) is 0.435. The van der Waals surface area contributed by atoms with Crippen molar-refractivity contribution in [3.63, 3.8) is 0 Å². The van der Waals surface area contributed by atoms with E-state index < -0.39 is 11.7 Å².